The van der Waals surface area contributed by atoms with E-state index < -0.39 is 0 Å². The topological polar surface area (TPSA) is 71.8 Å². The number of fused-ring (bicyclic) bond motifs is 1. The van der Waals surface area contributed by atoms with Crippen molar-refractivity contribution in [3.63, 3.8) is 0 Å². The molecule has 6 nitrogen and oxygen atoms in total. The van der Waals surface area contributed by atoms with Gasteiger partial charge in [0.05, 0.1) is 24.8 Å². The molecule has 3 rings (SSSR count). The van der Waals surface area contributed by atoms with E-state index in [-0.39, 0.29) is 24.4 Å². The molecule has 0 aliphatic rings. The Labute approximate surface area is 164 Å². The summed E-state index contributed by atoms with van der Waals surface area (Å²) in [5, 5.41) is 3.66. The van der Waals surface area contributed by atoms with Gasteiger partial charge in [0.1, 0.15) is 17.1 Å². The van der Waals surface area contributed by atoms with Gasteiger partial charge in [-0.3, -0.25) is 9.59 Å². The molecule has 0 aliphatic heterocycles. The van der Waals surface area contributed by atoms with Crippen LogP contribution >= 0.6 is 0 Å². The van der Waals surface area contributed by atoms with Crippen LogP contribution in [-0.2, 0) is 4.79 Å². The minimum Gasteiger partial charge on any atom is -0.493 e. The fraction of sp³-hybridized carbons (Fsp3) is 0.273. The molecule has 146 valence electrons. The number of hydrogen-bond donors (Lipinski definition) is 1. The largest absolute Gasteiger partial charge is 0.493 e. The van der Waals surface area contributed by atoms with Crippen LogP contribution in [0.25, 0.3) is 11.0 Å². The van der Waals surface area contributed by atoms with E-state index in [4.69, 9.17) is 9.15 Å². The number of rotatable bonds is 7. The first kappa shape index (κ1) is 19.5. The van der Waals surface area contributed by atoms with Gasteiger partial charge in [0.2, 0.25) is 5.91 Å². The molecule has 2 aromatic carbocycles. The van der Waals surface area contributed by atoms with Crippen molar-refractivity contribution in [2.75, 3.05) is 20.2 Å². The highest BCUT2D eigenvalue weighted by molar-refractivity contribution is 5.98. The lowest BCUT2D eigenvalue weighted by atomic mass is 10.2. The number of para-hydroxylation sites is 2. The zero-order chi connectivity index (χ0) is 20.1. The summed E-state index contributed by atoms with van der Waals surface area (Å²) in [6.45, 7) is 4.09. The molecule has 0 aliphatic carbocycles. The summed E-state index contributed by atoms with van der Waals surface area (Å²) in [5.74, 6) is 0.640. The van der Waals surface area contributed by atoms with Gasteiger partial charge in [0, 0.05) is 12.4 Å². The molecule has 1 atom stereocenters. The maximum atomic E-state index is 12.6. The Kier molecular flexibility index (Phi) is 5.99. The highest BCUT2D eigenvalue weighted by Gasteiger charge is 2.21. The molecule has 1 N–H and O–H groups in total. The number of furan rings is 1. The summed E-state index contributed by atoms with van der Waals surface area (Å²) in [4.78, 5) is 26.6. The van der Waals surface area contributed by atoms with Gasteiger partial charge in [-0.1, -0.05) is 30.3 Å². The van der Waals surface area contributed by atoms with Crippen LogP contribution < -0.4 is 10.1 Å². The average Bonchev–Trinajstić information content (AvgIpc) is 3.15. The lowest BCUT2D eigenvalue weighted by molar-refractivity contribution is -0.131. The third-order valence-corrected chi connectivity index (χ3v) is 4.66. The fourth-order valence-corrected chi connectivity index (χ4v) is 2.93. The van der Waals surface area contributed by atoms with Gasteiger partial charge in [0.15, 0.2) is 0 Å². The lowest BCUT2D eigenvalue weighted by Gasteiger charge is -2.23. The van der Waals surface area contributed by atoms with E-state index in [0.29, 0.717) is 23.7 Å². The molecule has 2 amide bonds. The molecule has 6 heteroatoms. The van der Waals surface area contributed by atoms with Crippen LogP contribution in [0, 0.1) is 0 Å². The maximum absolute atomic E-state index is 12.6. The van der Waals surface area contributed by atoms with Crippen molar-refractivity contribution >= 4 is 22.8 Å². The van der Waals surface area contributed by atoms with Crippen LogP contribution in [0.4, 0.5) is 0 Å². The molecular weight excluding hydrogens is 356 g/mol. The standard InChI is InChI=1S/C22H24N2O4/c1-4-27-19-12-8-6-10-17(19)22(26)23-14-21(25)24(3)15(2)20-13-16-9-5-7-11-18(16)28-20/h5-13,15H,4,14H2,1-3H3,(H,23,26). The Morgan fingerprint density at radius 2 is 1.86 bits per heavy atom. The Morgan fingerprint density at radius 3 is 2.61 bits per heavy atom. The van der Waals surface area contributed by atoms with E-state index in [9.17, 15) is 9.59 Å². The number of nitrogens with one attached hydrogen (secondary N) is 1. The van der Waals surface area contributed by atoms with Crippen LogP contribution in [0.5, 0.6) is 5.75 Å². The molecule has 0 radical (unpaired) electrons. The van der Waals surface area contributed by atoms with Crippen LogP contribution in [0.2, 0.25) is 0 Å². The number of likely N-dealkylation sites (N-methyl/N-ethyl adjacent to an activating group) is 1. The van der Waals surface area contributed by atoms with E-state index in [1.54, 1.807) is 36.2 Å². The summed E-state index contributed by atoms with van der Waals surface area (Å²) in [5.41, 5.74) is 1.19. The number of ether oxygens (including phenoxy) is 1. The van der Waals surface area contributed by atoms with E-state index >= 15 is 0 Å². The third-order valence-electron chi connectivity index (χ3n) is 4.66. The lowest BCUT2D eigenvalue weighted by Crippen LogP contribution is -2.39. The normalized spacial score (nSPS) is 11.8. The highest BCUT2D eigenvalue weighted by Crippen LogP contribution is 2.26. The predicted molar refractivity (Wildman–Crippen MR) is 107 cm³/mol. The summed E-state index contributed by atoms with van der Waals surface area (Å²) >= 11 is 0. The number of carbonyl (C=O) groups excluding carboxylic acids is 2. The SMILES string of the molecule is CCOc1ccccc1C(=O)NCC(=O)N(C)C(C)c1cc2ccccc2o1. The van der Waals surface area contributed by atoms with Gasteiger partial charge in [-0.15, -0.1) is 0 Å². The van der Waals surface area contributed by atoms with Gasteiger partial charge >= 0.3 is 0 Å². The van der Waals surface area contributed by atoms with Crippen LogP contribution in [0.3, 0.4) is 0 Å². The van der Waals surface area contributed by atoms with Crippen molar-refractivity contribution in [1.29, 1.82) is 0 Å². The average molecular weight is 380 g/mol. The molecule has 0 saturated carbocycles. The van der Waals surface area contributed by atoms with Crippen molar-refractivity contribution in [1.82, 2.24) is 10.2 Å². The monoisotopic (exact) mass is 380 g/mol. The van der Waals surface area contributed by atoms with Crippen LogP contribution in [0.15, 0.2) is 59.0 Å². The molecule has 0 fully saturated rings. The summed E-state index contributed by atoms with van der Waals surface area (Å²) in [7, 11) is 1.69. The van der Waals surface area contributed by atoms with Crippen molar-refractivity contribution in [3.8, 4) is 5.75 Å². The van der Waals surface area contributed by atoms with Crippen molar-refractivity contribution < 1.29 is 18.7 Å². The first-order valence-corrected chi connectivity index (χ1v) is 9.25. The Morgan fingerprint density at radius 1 is 1.14 bits per heavy atom. The van der Waals surface area contributed by atoms with Gasteiger partial charge in [-0.25, -0.2) is 0 Å². The van der Waals surface area contributed by atoms with Crippen molar-refractivity contribution in [2.24, 2.45) is 0 Å². The van der Waals surface area contributed by atoms with Gasteiger partial charge < -0.3 is 19.4 Å². The molecule has 0 spiro atoms. The van der Waals surface area contributed by atoms with Gasteiger partial charge in [-0.05, 0) is 38.1 Å². The quantitative estimate of drug-likeness (QED) is 0.677. The van der Waals surface area contributed by atoms with Gasteiger partial charge in [-0.2, -0.15) is 0 Å². The highest BCUT2D eigenvalue weighted by atomic mass is 16.5. The van der Waals surface area contributed by atoms with Crippen LogP contribution in [-0.4, -0.2) is 36.9 Å². The first-order chi connectivity index (χ1) is 13.5. The number of amides is 2. The number of benzene rings is 2. The molecule has 1 unspecified atom stereocenters. The predicted octanol–water partition coefficient (Wildman–Crippen LogP) is 3.78. The third kappa shape index (κ3) is 4.17. The molecule has 0 saturated heterocycles. The minimum absolute atomic E-state index is 0.111. The van der Waals surface area contributed by atoms with E-state index in [1.807, 2.05) is 44.2 Å². The second kappa shape index (κ2) is 8.61. The van der Waals surface area contributed by atoms with E-state index in [1.165, 1.54) is 0 Å². The van der Waals surface area contributed by atoms with E-state index in [0.717, 1.165) is 11.0 Å². The number of carbonyl (C=O) groups is 2. The Hall–Kier alpha value is -3.28. The Bertz CT molecular complexity index is 946. The second-order valence-corrected chi connectivity index (χ2v) is 6.48. The molecule has 1 aromatic heterocycles. The van der Waals surface area contributed by atoms with Crippen molar-refractivity contribution in [3.05, 3.63) is 65.9 Å². The molecule has 28 heavy (non-hydrogen) atoms. The summed E-state index contributed by atoms with van der Waals surface area (Å²) in [6.07, 6.45) is 0. The molecule has 1 heterocycles. The zero-order valence-corrected chi connectivity index (χ0v) is 16.3. The number of nitrogens with zero attached hydrogens (tertiary/aromatic N) is 1. The number of hydrogen-bond acceptors (Lipinski definition) is 4. The van der Waals surface area contributed by atoms with Gasteiger partial charge in [0.25, 0.3) is 5.91 Å². The smallest absolute Gasteiger partial charge is 0.255 e. The fourth-order valence-electron chi connectivity index (χ4n) is 2.93. The first-order valence-electron chi connectivity index (χ1n) is 9.25. The summed E-state index contributed by atoms with van der Waals surface area (Å²) < 4.78 is 11.3. The molecule has 3 aromatic rings. The molecular formula is C22H24N2O4. The maximum Gasteiger partial charge on any atom is 0.255 e. The minimum atomic E-state index is -0.345. The second-order valence-electron chi connectivity index (χ2n) is 6.48. The zero-order valence-electron chi connectivity index (χ0n) is 16.3. The van der Waals surface area contributed by atoms with Crippen molar-refractivity contribution in [2.45, 2.75) is 19.9 Å². The van der Waals surface area contributed by atoms with E-state index in [2.05, 4.69) is 5.32 Å². The summed E-state index contributed by atoms with van der Waals surface area (Å²) in [6, 6.07) is 16.3. The Balaban J connectivity index is 1.63. The molecule has 0 bridgehead atoms. The van der Waals surface area contributed by atoms with Crippen LogP contribution in [0.1, 0.15) is 36.0 Å².